The summed E-state index contributed by atoms with van der Waals surface area (Å²) < 4.78 is 10.9. The van der Waals surface area contributed by atoms with Gasteiger partial charge in [-0.25, -0.2) is 0 Å². The lowest BCUT2D eigenvalue weighted by atomic mass is 10.2. The second-order valence-corrected chi connectivity index (χ2v) is 4.97. The highest BCUT2D eigenvalue weighted by Gasteiger charge is 2.15. The number of hydrogen-bond donors (Lipinski definition) is 2. The molecule has 1 aliphatic heterocycles. The van der Waals surface area contributed by atoms with Crippen molar-refractivity contribution in [1.29, 1.82) is 0 Å². The molecule has 5 nitrogen and oxygen atoms in total. The number of guanidine groups is 1. The van der Waals surface area contributed by atoms with Crippen molar-refractivity contribution in [3.05, 3.63) is 29.8 Å². The Morgan fingerprint density at radius 2 is 2.25 bits per heavy atom. The van der Waals surface area contributed by atoms with E-state index in [1.807, 2.05) is 24.3 Å². The third kappa shape index (κ3) is 5.19. The summed E-state index contributed by atoms with van der Waals surface area (Å²) in [7, 11) is 0. The van der Waals surface area contributed by atoms with E-state index in [0.717, 1.165) is 31.7 Å². The maximum Gasteiger partial charge on any atom is 0.193 e. The van der Waals surface area contributed by atoms with E-state index in [1.165, 1.54) is 5.56 Å². The Bertz CT molecular complexity index is 425. The molecule has 0 bridgehead atoms. The van der Waals surface area contributed by atoms with Crippen LogP contribution in [0.15, 0.2) is 29.3 Å². The van der Waals surface area contributed by atoms with E-state index in [-0.39, 0.29) is 6.10 Å². The monoisotopic (exact) mass is 277 g/mol. The van der Waals surface area contributed by atoms with Gasteiger partial charge in [-0.05, 0) is 31.9 Å². The van der Waals surface area contributed by atoms with Crippen LogP contribution in [0.1, 0.15) is 18.4 Å². The highest BCUT2D eigenvalue weighted by molar-refractivity contribution is 5.92. The fourth-order valence-corrected chi connectivity index (χ4v) is 1.98. The molecule has 1 fully saturated rings. The van der Waals surface area contributed by atoms with Gasteiger partial charge in [0, 0.05) is 25.4 Å². The van der Waals surface area contributed by atoms with Crippen LogP contribution in [0, 0.1) is 6.92 Å². The van der Waals surface area contributed by atoms with Crippen LogP contribution in [0.25, 0.3) is 0 Å². The normalized spacial score (nSPS) is 19.2. The molecule has 1 heterocycles. The number of anilines is 1. The topological polar surface area (TPSA) is 68.9 Å². The standard InChI is InChI=1S/C15H23N3O2/c1-12-3-5-13(6-4-12)18-15(16)17-8-2-9-20-14-7-10-19-11-14/h3-6,14H,2,7-11H2,1H3,(H3,16,17,18). The zero-order chi connectivity index (χ0) is 14.2. The lowest BCUT2D eigenvalue weighted by molar-refractivity contribution is 0.0424. The number of nitrogens with two attached hydrogens (primary N) is 1. The number of rotatable bonds is 6. The molecule has 3 N–H and O–H groups in total. The van der Waals surface area contributed by atoms with Crippen molar-refractivity contribution in [2.24, 2.45) is 10.7 Å². The molecule has 0 aliphatic carbocycles. The van der Waals surface area contributed by atoms with E-state index in [9.17, 15) is 0 Å². The van der Waals surface area contributed by atoms with Crippen molar-refractivity contribution in [3.63, 3.8) is 0 Å². The highest BCUT2D eigenvalue weighted by atomic mass is 16.5. The van der Waals surface area contributed by atoms with E-state index in [4.69, 9.17) is 15.2 Å². The number of ether oxygens (including phenoxy) is 2. The van der Waals surface area contributed by atoms with Crippen molar-refractivity contribution in [2.45, 2.75) is 25.9 Å². The molecule has 5 heteroatoms. The van der Waals surface area contributed by atoms with Gasteiger partial charge in [0.05, 0.1) is 12.7 Å². The molecular formula is C15H23N3O2. The first-order valence-electron chi connectivity index (χ1n) is 7.07. The summed E-state index contributed by atoms with van der Waals surface area (Å²) in [4.78, 5) is 4.28. The number of hydrogen-bond acceptors (Lipinski definition) is 3. The van der Waals surface area contributed by atoms with E-state index in [0.29, 0.717) is 19.1 Å². The molecule has 1 aliphatic rings. The Morgan fingerprint density at radius 3 is 2.95 bits per heavy atom. The fraction of sp³-hybridized carbons (Fsp3) is 0.533. The fourth-order valence-electron chi connectivity index (χ4n) is 1.98. The van der Waals surface area contributed by atoms with Crippen molar-refractivity contribution in [3.8, 4) is 0 Å². The Balaban J connectivity index is 1.62. The smallest absolute Gasteiger partial charge is 0.193 e. The largest absolute Gasteiger partial charge is 0.379 e. The van der Waals surface area contributed by atoms with Gasteiger partial charge in [0.2, 0.25) is 0 Å². The van der Waals surface area contributed by atoms with E-state index in [2.05, 4.69) is 17.2 Å². The second-order valence-electron chi connectivity index (χ2n) is 4.97. The third-order valence-electron chi connectivity index (χ3n) is 3.15. The predicted octanol–water partition coefficient (Wildman–Crippen LogP) is 1.92. The molecule has 1 aromatic carbocycles. The van der Waals surface area contributed by atoms with Crippen molar-refractivity contribution in [1.82, 2.24) is 0 Å². The van der Waals surface area contributed by atoms with Crippen molar-refractivity contribution >= 4 is 11.6 Å². The first-order valence-corrected chi connectivity index (χ1v) is 7.07. The summed E-state index contributed by atoms with van der Waals surface area (Å²) in [6, 6.07) is 8.04. The second kappa shape index (κ2) is 7.87. The zero-order valence-corrected chi connectivity index (χ0v) is 12.0. The van der Waals surface area contributed by atoms with Crippen LogP contribution >= 0.6 is 0 Å². The first kappa shape index (κ1) is 14.8. The molecule has 1 unspecified atom stereocenters. The summed E-state index contributed by atoms with van der Waals surface area (Å²) in [5.74, 6) is 0.443. The van der Waals surface area contributed by atoms with Crippen molar-refractivity contribution < 1.29 is 9.47 Å². The molecule has 0 amide bonds. The quantitative estimate of drug-likeness (QED) is 0.473. The van der Waals surface area contributed by atoms with Crippen LogP contribution in [0.2, 0.25) is 0 Å². The number of aliphatic imine (C=N–C) groups is 1. The molecule has 0 radical (unpaired) electrons. The summed E-state index contributed by atoms with van der Waals surface area (Å²) >= 11 is 0. The van der Waals surface area contributed by atoms with Gasteiger partial charge in [-0.2, -0.15) is 0 Å². The molecule has 110 valence electrons. The molecule has 0 saturated carbocycles. The lowest BCUT2D eigenvalue weighted by Crippen LogP contribution is -2.23. The summed E-state index contributed by atoms with van der Waals surface area (Å²) in [6.07, 6.45) is 2.13. The minimum Gasteiger partial charge on any atom is -0.379 e. The maximum atomic E-state index is 5.83. The van der Waals surface area contributed by atoms with Crippen LogP contribution in [0.4, 0.5) is 5.69 Å². The van der Waals surface area contributed by atoms with Crippen molar-refractivity contribution in [2.75, 3.05) is 31.7 Å². The van der Waals surface area contributed by atoms with Crippen LogP contribution in [-0.2, 0) is 9.47 Å². The summed E-state index contributed by atoms with van der Waals surface area (Å²) in [5.41, 5.74) is 8.00. The van der Waals surface area contributed by atoms with Crippen LogP contribution in [0.3, 0.4) is 0 Å². The predicted molar refractivity (Wildman–Crippen MR) is 81.1 cm³/mol. The lowest BCUT2D eigenvalue weighted by Gasteiger charge is -2.09. The Morgan fingerprint density at radius 1 is 1.45 bits per heavy atom. The molecule has 1 saturated heterocycles. The van der Waals surface area contributed by atoms with E-state index in [1.54, 1.807) is 0 Å². The summed E-state index contributed by atoms with van der Waals surface area (Å²) in [6.45, 7) is 4.96. The van der Waals surface area contributed by atoms with E-state index < -0.39 is 0 Å². The first-order chi connectivity index (χ1) is 9.74. The Hall–Kier alpha value is -1.59. The zero-order valence-electron chi connectivity index (χ0n) is 12.0. The molecule has 20 heavy (non-hydrogen) atoms. The van der Waals surface area contributed by atoms with Crippen LogP contribution in [-0.4, -0.2) is 38.4 Å². The van der Waals surface area contributed by atoms with Crippen LogP contribution in [0.5, 0.6) is 0 Å². The van der Waals surface area contributed by atoms with Crippen LogP contribution < -0.4 is 11.1 Å². The maximum absolute atomic E-state index is 5.83. The molecular weight excluding hydrogens is 254 g/mol. The molecule has 0 aromatic heterocycles. The molecule has 1 atom stereocenters. The molecule has 0 spiro atoms. The highest BCUT2D eigenvalue weighted by Crippen LogP contribution is 2.09. The van der Waals surface area contributed by atoms with Gasteiger partial charge in [-0.1, -0.05) is 17.7 Å². The number of nitrogens with one attached hydrogen (secondary N) is 1. The summed E-state index contributed by atoms with van der Waals surface area (Å²) in [5, 5.41) is 3.07. The number of nitrogens with zero attached hydrogens (tertiary/aromatic N) is 1. The van der Waals surface area contributed by atoms with Gasteiger partial charge >= 0.3 is 0 Å². The Kier molecular flexibility index (Phi) is 5.83. The van der Waals surface area contributed by atoms with Gasteiger partial charge in [0.25, 0.3) is 0 Å². The Labute approximate surface area is 120 Å². The van der Waals surface area contributed by atoms with Gasteiger partial charge in [-0.3, -0.25) is 4.99 Å². The van der Waals surface area contributed by atoms with Gasteiger partial charge in [0.15, 0.2) is 5.96 Å². The van der Waals surface area contributed by atoms with Gasteiger partial charge < -0.3 is 20.5 Å². The van der Waals surface area contributed by atoms with E-state index >= 15 is 0 Å². The average molecular weight is 277 g/mol. The number of aryl methyl sites for hydroxylation is 1. The minimum absolute atomic E-state index is 0.266. The average Bonchev–Trinajstić information content (AvgIpc) is 2.94. The minimum atomic E-state index is 0.266. The SMILES string of the molecule is Cc1ccc(NC(N)=NCCCOC2CCOC2)cc1. The van der Waals surface area contributed by atoms with Gasteiger partial charge in [-0.15, -0.1) is 0 Å². The van der Waals surface area contributed by atoms with Gasteiger partial charge in [0.1, 0.15) is 0 Å². The number of benzene rings is 1. The molecule has 2 rings (SSSR count). The third-order valence-corrected chi connectivity index (χ3v) is 3.15. The molecule has 1 aromatic rings.